The van der Waals surface area contributed by atoms with Gasteiger partial charge >= 0.3 is 0 Å². The standard InChI is InChI=1S/C15H22N2O3/c1-9-11(7-6-8-12(9)18)14(20)16-10(2)13(19)17-15(3,4)5/h6-8,10,18H,1-5H3,(H,16,20)(H,17,19). The molecule has 0 saturated carbocycles. The summed E-state index contributed by atoms with van der Waals surface area (Å²) in [7, 11) is 0. The molecule has 1 aromatic carbocycles. The molecule has 0 radical (unpaired) electrons. The number of hydrogen-bond donors (Lipinski definition) is 3. The lowest BCUT2D eigenvalue weighted by molar-refractivity contribution is -0.124. The largest absolute Gasteiger partial charge is 0.508 e. The first kappa shape index (κ1) is 16.0. The zero-order valence-corrected chi connectivity index (χ0v) is 12.6. The second-order valence-corrected chi connectivity index (χ2v) is 5.88. The van der Waals surface area contributed by atoms with Crippen LogP contribution in [0.15, 0.2) is 18.2 Å². The normalized spacial score (nSPS) is 12.7. The molecule has 0 aliphatic carbocycles. The molecule has 0 aliphatic rings. The Morgan fingerprint density at radius 3 is 2.40 bits per heavy atom. The summed E-state index contributed by atoms with van der Waals surface area (Å²) in [5.41, 5.74) is 0.505. The van der Waals surface area contributed by atoms with E-state index in [9.17, 15) is 14.7 Å². The first-order valence-corrected chi connectivity index (χ1v) is 6.53. The number of phenolic OH excluding ortho intramolecular Hbond substituents is 1. The van der Waals surface area contributed by atoms with Crippen LogP contribution in [0.4, 0.5) is 0 Å². The Balaban J connectivity index is 2.76. The van der Waals surface area contributed by atoms with Crippen LogP contribution in [0.25, 0.3) is 0 Å². The lowest BCUT2D eigenvalue weighted by Gasteiger charge is -2.23. The van der Waals surface area contributed by atoms with E-state index in [4.69, 9.17) is 0 Å². The molecule has 1 atom stereocenters. The lowest BCUT2D eigenvalue weighted by atomic mass is 10.1. The first-order valence-electron chi connectivity index (χ1n) is 6.53. The van der Waals surface area contributed by atoms with E-state index in [1.807, 2.05) is 20.8 Å². The highest BCUT2D eigenvalue weighted by molar-refractivity contribution is 5.99. The molecule has 0 fully saturated rings. The Morgan fingerprint density at radius 2 is 1.85 bits per heavy atom. The molecule has 20 heavy (non-hydrogen) atoms. The quantitative estimate of drug-likeness (QED) is 0.788. The number of amides is 2. The number of phenols is 1. The predicted octanol–water partition coefficient (Wildman–Crippen LogP) is 1.73. The van der Waals surface area contributed by atoms with Gasteiger partial charge in [0, 0.05) is 16.7 Å². The van der Waals surface area contributed by atoms with E-state index in [0.29, 0.717) is 11.1 Å². The first-order chi connectivity index (χ1) is 9.11. The van der Waals surface area contributed by atoms with Gasteiger partial charge in [0.15, 0.2) is 0 Å². The Labute approximate surface area is 119 Å². The maximum atomic E-state index is 12.1. The van der Waals surface area contributed by atoms with Crippen LogP contribution in [0.1, 0.15) is 43.6 Å². The van der Waals surface area contributed by atoms with Gasteiger partial charge in [-0.15, -0.1) is 0 Å². The molecule has 0 aromatic heterocycles. The van der Waals surface area contributed by atoms with E-state index in [0.717, 1.165) is 0 Å². The number of rotatable bonds is 3. The predicted molar refractivity (Wildman–Crippen MR) is 77.7 cm³/mol. The molecule has 1 rings (SSSR count). The van der Waals surface area contributed by atoms with Crippen molar-refractivity contribution in [1.82, 2.24) is 10.6 Å². The van der Waals surface area contributed by atoms with Gasteiger partial charge in [-0.2, -0.15) is 0 Å². The average Bonchev–Trinajstić information content (AvgIpc) is 2.30. The van der Waals surface area contributed by atoms with E-state index in [2.05, 4.69) is 10.6 Å². The van der Waals surface area contributed by atoms with Crippen LogP contribution >= 0.6 is 0 Å². The molecule has 5 nitrogen and oxygen atoms in total. The van der Waals surface area contributed by atoms with Crippen molar-refractivity contribution >= 4 is 11.8 Å². The number of aromatic hydroxyl groups is 1. The summed E-state index contributed by atoms with van der Waals surface area (Å²) in [5.74, 6) is -0.567. The molecule has 0 heterocycles. The second-order valence-electron chi connectivity index (χ2n) is 5.88. The number of benzene rings is 1. The molecule has 110 valence electrons. The zero-order valence-electron chi connectivity index (χ0n) is 12.6. The maximum Gasteiger partial charge on any atom is 0.252 e. The minimum absolute atomic E-state index is 0.0597. The van der Waals surface area contributed by atoms with Crippen molar-refractivity contribution in [2.45, 2.75) is 46.2 Å². The van der Waals surface area contributed by atoms with Gasteiger partial charge in [0.25, 0.3) is 5.91 Å². The molecule has 5 heteroatoms. The minimum atomic E-state index is -0.650. The third-order valence-corrected chi connectivity index (χ3v) is 2.79. The van der Waals surface area contributed by atoms with Crippen molar-refractivity contribution < 1.29 is 14.7 Å². The van der Waals surface area contributed by atoms with Gasteiger partial charge in [-0.05, 0) is 46.8 Å². The third-order valence-electron chi connectivity index (χ3n) is 2.79. The van der Waals surface area contributed by atoms with Crippen LogP contribution in [0.2, 0.25) is 0 Å². The van der Waals surface area contributed by atoms with Crippen molar-refractivity contribution in [3.8, 4) is 5.75 Å². The van der Waals surface area contributed by atoms with E-state index in [1.165, 1.54) is 6.07 Å². The molecule has 3 N–H and O–H groups in total. The zero-order chi connectivity index (χ0) is 15.5. The highest BCUT2D eigenvalue weighted by atomic mass is 16.3. The molecular weight excluding hydrogens is 256 g/mol. The van der Waals surface area contributed by atoms with Gasteiger partial charge in [0.2, 0.25) is 5.91 Å². The minimum Gasteiger partial charge on any atom is -0.508 e. The maximum absolute atomic E-state index is 12.1. The number of hydrogen-bond acceptors (Lipinski definition) is 3. The molecule has 1 unspecified atom stereocenters. The summed E-state index contributed by atoms with van der Waals surface area (Å²) in [6.07, 6.45) is 0. The van der Waals surface area contributed by atoms with Gasteiger partial charge in [-0.1, -0.05) is 6.07 Å². The average molecular weight is 278 g/mol. The van der Waals surface area contributed by atoms with Crippen LogP contribution in [0.3, 0.4) is 0 Å². The van der Waals surface area contributed by atoms with Crippen molar-refractivity contribution in [2.75, 3.05) is 0 Å². The smallest absolute Gasteiger partial charge is 0.252 e. The van der Waals surface area contributed by atoms with Crippen LogP contribution < -0.4 is 10.6 Å². The topological polar surface area (TPSA) is 78.4 Å². The SMILES string of the molecule is Cc1c(O)cccc1C(=O)NC(C)C(=O)NC(C)(C)C. The Bertz CT molecular complexity index is 518. The summed E-state index contributed by atoms with van der Waals surface area (Å²) in [4.78, 5) is 24.0. The van der Waals surface area contributed by atoms with Gasteiger partial charge in [-0.3, -0.25) is 9.59 Å². The van der Waals surface area contributed by atoms with Gasteiger partial charge in [0.05, 0.1) is 0 Å². The third kappa shape index (κ3) is 4.26. The van der Waals surface area contributed by atoms with Crippen molar-refractivity contribution in [3.05, 3.63) is 29.3 Å². The van der Waals surface area contributed by atoms with E-state index in [-0.39, 0.29) is 23.1 Å². The van der Waals surface area contributed by atoms with Crippen molar-refractivity contribution in [1.29, 1.82) is 0 Å². The monoisotopic (exact) mass is 278 g/mol. The Kier molecular flexibility index (Phi) is 4.76. The molecule has 2 amide bonds. The van der Waals surface area contributed by atoms with E-state index < -0.39 is 6.04 Å². The van der Waals surface area contributed by atoms with Gasteiger partial charge < -0.3 is 15.7 Å². The lowest BCUT2D eigenvalue weighted by Crippen LogP contribution is -2.50. The van der Waals surface area contributed by atoms with E-state index >= 15 is 0 Å². The fourth-order valence-corrected chi connectivity index (χ4v) is 1.69. The molecule has 0 bridgehead atoms. The fourth-order valence-electron chi connectivity index (χ4n) is 1.69. The van der Waals surface area contributed by atoms with Crippen LogP contribution in [-0.4, -0.2) is 28.5 Å². The number of nitrogens with one attached hydrogen (secondary N) is 2. The summed E-state index contributed by atoms with van der Waals surface area (Å²) in [5, 5.41) is 15.0. The van der Waals surface area contributed by atoms with Crippen molar-refractivity contribution in [2.24, 2.45) is 0 Å². The fraction of sp³-hybridized carbons (Fsp3) is 0.467. The van der Waals surface area contributed by atoms with Gasteiger partial charge in [0.1, 0.15) is 11.8 Å². The summed E-state index contributed by atoms with van der Waals surface area (Å²) in [6, 6.07) is 4.07. The van der Waals surface area contributed by atoms with Crippen LogP contribution in [0.5, 0.6) is 5.75 Å². The van der Waals surface area contributed by atoms with Crippen molar-refractivity contribution in [3.63, 3.8) is 0 Å². The summed E-state index contributed by atoms with van der Waals surface area (Å²) >= 11 is 0. The highest BCUT2D eigenvalue weighted by Gasteiger charge is 2.22. The van der Waals surface area contributed by atoms with Crippen LogP contribution in [-0.2, 0) is 4.79 Å². The number of carbonyl (C=O) groups is 2. The Morgan fingerprint density at radius 1 is 1.25 bits per heavy atom. The van der Waals surface area contributed by atoms with Crippen LogP contribution in [0, 0.1) is 6.92 Å². The number of carbonyl (C=O) groups excluding carboxylic acids is 2. The molecule has 0 spiro atoms. The van der Waals surface area contributed by atoms with E-state index in [1.54, 1.807) is 26.0 Å². The molecular formula is C15H22N2O3. The highest BCUT2D eigenvalue weighted by Crippen LogP contribution is 2.19. The molecule has 1 aromatic rings. The summed E-state index contributed by atoms with van der Waals surface area (Å²) < 4.78 is 0. The summed E-state index contributed by atoms with van der Waals surface area (Å²) in [6.45, 7) is 8.90. The van der Waals surface area contributed by atoms with Gasteiger partial charge in [-0.25, -0.2) is 0 Å². The second kappa shape index (κ2) is 5.94. The molecule has 0 saturated heterocycles. The molecule has 0 aliphatic heterocycles. The Hall–Kier alpha value is -2.04.